The van der Waals surface area contributed by atoms with Crippen LogP contribution in [0.15, 0.2) is 6.20 Å². The summed E-state index contributed by atoms with van der Waals surface area (Å²) in [6.07, 6.45) is -8.14. The Morgan fingerprint density at radius 2 is 2.00 bits per heavy atom. The predicted molar refractivity (Wildman–Crippen MR) is 49.0 cm³/mol. The van der Waals surface area contributed by atoms with Crippen LogP contribution in [0.1, 0.15) is 33.6 Å². The molecule has 1 aromatic heterocycles. The number of nitrogens with zero attached hydrogens (tertiary/aromatic N) is 1. The minimum atomic E-state index is -5.01. The third-order valence-corrected chi connectivity index (χ3v) is 2.14. The molecule has 0 saturated heterocycles. The molecule has 0 aliphatic heterocycles. The van der Waals surface area contributed by atoms with Crippen LogP contribution in [0.5, 0.6) is 0 Å². The van der Waals surface area contributed by atoms with Crippen LogP contribution in [0.3, 0.4) is 0 Å². The van der Waals surface area contributed by atoms with Gasteiger partial charge in [0, 0.05) is 18.3 Å². The minimum Gasteiger partial charge on any atom is -0.478 e. The van der Waals surface area contributed by atoms with Gasteiger partial charge in [-0.2, -0.15) is 13.2 Å². The van der Waals surface area contributed by atoms with E-state index in [1.165, 1.54) is 0 Å². The first-order chi connectivity index (χ1) is 8.20. The molecule has 0 radical (unpaired) electrons. The smallest absolute Gasteiger partial charge is 0.418 e. The van der Waals surface area contributed by atoms with Crippen molar-refractivity contribution in [2.75, 3.05) is 0 Å². The van der Waals surface area contributed by atoms with Gasteiger partial charge in [-0.05, 0) is 0 Å². The van der Waals surface area contributed by atoms with E-state index in [0.29, 0.717) is 0 Å². The molecule has 0 aliphatic rings. The lowest BCUT2D eigenvalue weighted by Gasteiger charge is -2.15. The van der Waals surface area contributed by atoms with E-state index in [4.69, 9.17) is 10.8 Å². The lowest BCUT2D eigenvalue weighted by molar-refractivity contribution is -0.138. The Kier molecular flexibility index (Phi) is 3.85. The van der Waals surface area contributed by atoms with Crippen LogP contribution in [0.25, 0.3) is 0 Å². The summed E-state index contributed by atoms with van der Waals surface area (Å²) in [6, 6.07) is 0. The molecule has 4 nitrogen and oxygen atoms in total. The minimum absolute atomic E-state index is 0.0735. The summed E-state index contributed by atoms with van der Waals surface area (Å²) in [6.45, 7) is -0.780. The zero-order valence-electron chi connectivity index (χ0n) is 8.63. The molecule has 0 amide bonds. The van der Waals surface area contributed by atoms with Gasteiger partial charge in [-0.15, -0.1) is 0 Å². The Morgan fingerprint density at radius 1 is 1.44 bits per heavy atom. The fraction of sp³-hybridized carbons (Fsp3) is 0.333. The Bertz CT molecular complexity index is 473. The Balaban J connectivity index is 3.64. The zero-order valence-corrected chi connectivity index (χ0v) is 8.63. The number of carbonyl (C=O) groups is 1. The summed E-state index contributed by atoms with van der Waals surface area (Å²) in [7, 11) is 0. The normalized spacial score (nSPS) is 11.9. The van der Waals surface area contributed by atoms with Crippen molar-refractivity contribution >= 4 is 5.97 Å². The highest BCUT2D eigenvalue weighted by molar-refractivity contribution is 5.91. The second-order valence-corrected chi connectivity index (χ2v) is 3.22. The molecule has 1 aromatic rings. The Hall–Kier alpha value is -1.77. The van der Waals surface area contributed by atoms with Crippen molar-refractivity contribution in [1.82, 2.24) is 4.98 Å². The Labute approximate surface area is 97.2 Å². The summed E-state index contributed by atoms with van der Waals surface area (Å²) in [5.41, 5.74) is 0.290. The van der Waals surface area contributed by atoms with Gasteiger partial charge >= 0.3 is 12.1 Å². The number of alkyl halides is 5. The number of aromatic nitrogens is 1. The number of carboxylic acid groups (broad SMARTS) is 1. The van der Waals surface area contributed by atoms with Gasteiger partial charge in [0.15, 0.2) is 0 Å². The number of halogens is 5. The molecule has 0 unspecified atom stereocenters. The number of nitrogens with two attached hydrogens (primary N) is 1. The van der Waals surface area contributed by atoms with Crippen molar-refractivity contribution in [2.45, 2.75) is 19.1 Å². The van der Waals surface area contributed by atoms with Crippen LogP contribution in [0.2, 0.25) is 0 Å². The van der Waals surface area contributed by atoms with Crippen LogP contribution in [-0.2, 0) is 12.7 Å². The predicted octanol–water partition coefficient (Wildman–Crippen LogP) is 2.19. The van der Waals surface area contributed by atoms with Gasteiger partial charge in [0.25, 0.3) is 6.43 Å². The maximum absolute atomic E-state index is 12.5. The number of rotatable bonds is 3. The van der Waals surface area contributed by atoms with Gasteiger partial charge in [-0.1, -0.05) is 0 Å². The molecule has 3 N–H and O–H groups in total. The quantitative estimate of drug-likeness (QED) is 0.825. The van der Waals surface area contributed by atoms with Crippen molar-refractivity contribution < 1.29 is 31.9 Å². The highest BCUT2D eigenvalue weighted by Crippen LogP contribution is 2.35. The number of carboxylic acids is 1. The lowest BCUT2D eigenvalue weighted by atomic mass is 10.0. The van der Waals surface area contributed by atoms with E-state index in [-0.39, 0.29) is 6.20 Å². The number of pyridine rings is 1. The molecule has 0 aliphatic carbocycles. The van der Waals surface area contributed by atoms with Crippen molar-refractivity contribution in [3.05, 3.63) is 28.6 Å². The largest absolute Gasteiger partial charge is 0.478 e. The standard InChI is InChI=1S/C9H7F5N2O2/c10-7(11)6-3(1-15)5(8(17)18)4(2-16-6)9(12,13)14/h2,7H,1,15H2,(H,17,18). The van der Waals surface area contributed by atoms with Crippen molar-refractivity contribution in [2.24, 2.45) is 5.73 Å². The monoisotopic (exact) mass is 270 g/mol. The van der Waals surface area contributed by atoms with E-state index >= 15 is 0 Å². The average molecular weight is 270 g/mol. The maximum atomic E-state index is 12.5. The first-order valence-electron chi connectivity index (χ1n) is 4.50. The fourth-order valence-electron chi connectivity index (χ4n) is 1.42. The van der Waals surface area contributed by atoms with E-state index in [0.717, 1.165) is 0 Å². The molecule has 9 heteroatoms. The summed E-state index contributed by atoms with van der Waals surface area (Å²) in [4.78, 5) is 13.7. The maximum Gasteiger partial charge on any atom is 0.418 e. The van der Waals surface area contributed by atoms with Gasteiger partial charge < -0.3 is 10.8 Å². The molecular weight excluding hydrogens is 263 g/mol. The fourth-order valence-corrected chi connectivity index (χ4v) is 1.42. The van der Waals surface area contributed by atoms with E-state index in [1.807, 2.05) is 0 Å². The van der Waals surface area contributed by atoms with E-state index in [1.54, 1.807) is 0 Å². The molecule has 0 saturated carbocycles. The van der Waals surface area contributed by atoms with Crippen molar-refractivity contribution in [3.63, 3.8) is 0 Å². The third kappa shape index (κ3) is 2.55. The van der Waals surface area contributed by atoms with Crippen LogP contribution < -0.4 is 5.73 Å². The molecule has 0 bridgehead atoms. The van der Waals surface area contributed by atoms with Crippen molar-refractivity contribution in [3.8, 4) is 0 Å². The lowest BCUT2D eigenvalue weighted by Crippen LogP contribution is -2.20. The average Bonchev–Trinajstić information content (AvgIpc) is 2.25. The molecule has 100 valence electrons. The van der Waals surface area contributed by atoms with Gasteiger partial charge in [0.1, 0.15) is 5.69 Å². The molecule has 0 spiro atoms. The summed E-state index contributed by atoms with van der Waals surface area (Å²) in [5.74, 6) is -1.98. The SMILES string of the molecule is NCc1c(C(F)F)ncc(C(F)(F)F)c1C(=O)O. The molecule has 1 heterocycles. The Morgan fingerprint density at radius 3 is 2.33 bits per heavy atom. The van der Waals surface area contributed by atoms with Gasteiger partial charge in [0.2, 0.25) is 0 Å². The van der Waals surface area contributed by atoms with Crippen molar-refractivity contribution in [1.29, 1.82) is 0 Å². The van der Waals surface area contributed by atoms with Gasteiger partial charge in [-0.3, -0.25) is 4.98 Å². The number of hydrogen-bond acceptors (Lipinski definition) is 3. The summed E-state index contributed by atoms with van der Waals surface area (Å²) < 4.78 is 62.6. The molecule has 0 aromatic carbocycles. The van der Waals surface area contributed by atoms with Crippen LogP contribution in [-0.4, -0.2) is 16.1 Å². The molecular formula is C9H7F5N2O2. The molecule has 0 atom stereocenters. The molecule has 1 rings (SSSR count). The molecule has 0 fully saturated rings. The van der Waals surface area contributed by atoms with E-state index < -0.39 is 47.5 Å². The number of hydrogen-bond donors (Lipinski definition) is 2. The highest BCUT2D eigenvalue weighted by atomic mass is 19.4. The second kappa shape index (κ2) is 4.84. The van der Waals surface area contributed by atoms with Gasteiger partial charge in [-0.25, -0.2) is 13.6 Å². The topological polar surface area (TPSA) is 76.2 Å². The third-order valence-electron chi connectivity index (χ3n) is 2.14. The van der Waals surface area contributed by atoms with Gasteiger partial charge in [0.05, 0.1) is 11.1 Å². The summed E-state index contributed by atoms with van der Waals surface area (Å²) >= 11 is 0. The van der Waals surface area contributed by atoms with Crippen LogP contribution >= 0.6 is 0 Å². The number of aromatic carboxylic acids is 1. The highest BCUT2D eigenvalue weighted by Gasteiger charge is 2.38. The molecule has 18 heavy (non-hydrogen) atoms. The van der Waals surface area contributed by atoms with E-state index in [9.17, 15) is 26.7 Å². The second-order valence-electron chi connectivity index (χ2n) is 3.22. The zero-order chi connectivity index (χ0) is 14.1. The van der Waals surface area contributed by atoms with Crippen LogP contribution in [0.4, 0.5) is 22.0 Å². The summed E-state index contributed by atoms with van der Waals surface area (Å²) in [5, 5.41) is 8.72. The first kappa shape index (κ1) is 14.3. The first-order valence-corrected chi connectivity index (χ1v) is 4.50. The van der Waals surface area contributed by atoms with Crippen LogP contribution in [0, 0.1) is 0 Å². The van der Waals surface area contributed by atoms with E-state index in [2.05, 4.69) is 4.98 Å².